The second-order valence-electron chi connectivity index (χ2n) is 5.17. The highest BCUT2D eigenvalue weighted by atomic mass is 32.2. The van der Waals surface area contributed by atoms with E-state index in [-0.39, 0.29) is 16.3 Å². The molecule has 2 N–H and O–H groups in total. The molecule has 0 aromatic heterocycles. The Hall–Kier alpha value is -1.76. The summed E-state index contributed by atoms with van der Waals surface area (Å²) in [6.07, 6.45) is 1.99. The smallest absolute Gasteiger partial charge is 0.292 e. The zero-order valence-corrected chi connectivity index (χ0v) is 13.5. The predicted molar refractivity (Wildman–Crippen MR) is 87.2 cm³/mol. The van der Waals surface area contributed by atoms with Gasteiger partial charge in [0.15, 0.2) is 0 Å². The van der Waals surface area contributed by atoms with Crippen molar-refractivity contribution in [3.05, 3.63) is 33.9 Å². The number of nitro benzene ring substituents is 1. The maximum atomic E-state index is 11.8. The first-order chi connectivity index (χ1) is 9.80. The normalized spacial score (nSPS) is 11.0. The van der Waals surface area contributed by atoms with Gasteiger partial charge in [-0.3, -0.25) is 14.9 Å². The van der Waals surface area contributed by atoms with E-state index in [2.05, 4.69) is 10.6 Å². The van der Waals surface area contributed by atoms with Crippen LogP contribution in [-0.4, -0.2) is 34.9 Å². The summed E-state index contributed by atoms with van der Waals surface area (Å²) in [4.78, 5) is 22.5. The van der Waals surface area contributed by atoms with Gasteiger partial charge in [-0.05, 0) is 39.2 Å². The fourth-order valence-electron chi connectivity index (χ4n) is 1.62. The van der Waals surface area contributed by atoms with Gasteiger partial charge in [0, 0.05) is 29.5 Å². The Bertz CT molecular complexity index is 532. The number of thioether (sulfide) groups is 1. The molecule has 0 radical (unpaired) electrons. The standard InChI is InChI=1S/C14H21N3O3S/c1-5-15-13(18)10-6-7-12(17(19)20)11(8-10)16-9-14(2,3)21-4/h6-8,16H,5,9H2,1-4H3,(H,15,18). The van der Waals surface area contributed by atoms with Gasteiger partial charge in [-0.15, -0.1) is 0 Å². The van der Waals surface area contributed by atoms with Crippen LogP contribution in [0.5, 0.6) is 0 Å². The van der Waals surface area contributed by atoms with E-state index < -0.39 is 4.92 Å². The molecule has 0 aliphatic carbocycles. The third kappa shape index (κ3) is 4.93. The molecule has 0 saturated carbocycles. The second-order valence-corrected chi connectivity index (χ2v) is 6.68. The molecule has 0 fully saturated rings. The van der Waals surface area contributed by atoms with Crippen LogP contribution in [0.4, 0.5) is 11.4 Å². The number of nitro groups is 1. The first-order valence-electron chi connectivity index (χ1n) is 6.66. The number of nitrogens with zero attached hydrogens (tertiary/aromatic N) is 1. The van der Waals surface area contributed by atoms with E-state index in [1.54, 1.807) is 11.8 Å². The van der Waals surface area contributed by atoms with Crippen LogP contribution in [-0.2, 0) is 0 Å². The molecule has 7 heteroatoms. The van der Waals surface area contributed by atoms with E-state index in [0.29, 0.717) is 24.3 Å². The number of benzene rings is 1. The van der Waals surface area contributed by atoms with Gasteiger partial charge in [0.2, 0.25) is 0 Å². The van der Waals surface area contributed by atoms with Gasteiger partial charge in [0.1, 0.15) is 5.69 Å². The van der Waals surface area contributed by atoms with Crippen molar-refractivity contribution in [3.8, 4) is 0 Å². The largest absolute Gasteiger partial charge is 0.378 e. The minimum Gasteiger partial charge on any atom is -0.378 e. The SMILES string of the molecule is CCNC(=O)c1ccc([N+](=O)[O-])c(NCC(C)(C)SC)c1. The van der Waals surface area contributed by atoms with Gasteiger partial charge in [-0.1, -0.05) is 0 Å². The molecule has 21 heavy (non-hydrogen) atoms. The summed E-state index contributed by atoms with van der Waals surface area (Å²) in [5, 5.41) is 16.8. The molecule has 0 bridgehead atoms. The molecule has 0 atom stereocenters. The van der Waals surface area contributed by atoms with Gasteiger partial charge >= 0.3 is 0 Å². The molecule has 0 spiro atoms. The maximum Gasteiger partial charge on any atom is 0.292 e. The Morgan fingerprint density at radius 3 is 2.62 bits per heavy atom. The molecule has 0 aliphatic rings. The molecule has 0 unspecified atom stereocenters. The third-order valence-corrected chi connectivity index (χ3v) is 4.30. The Kier molecular flexibility index (Phi) is 6.02. The second kappa shape index (κ2) is 7.31. The van der Waals surface area contributed by atoms with E-state index in [1.807, 2.05) is 27.0 Å². The van der Waals surface area contributed by atoms with Gasteiger partial charge in [0.05, 0.1) is 4.92 Å². The first-order valence-corrected chi connectivity index (χ1v) is 7.89. The van der Waals surface area contributed by atoms with Crippen LogP contribution >= 0.6 is 11.8 Å². The number of hydrogen-bond acceptors (Lipinski definition) is 5. The van der Waals surface area contributed by atoms with E-state index in [9.17, 15) is 14.9 Å². The van der Waals surface area contributed by atoms with Crippen LogP contribution < -0.4 is 10.6 Å². The summed E-state index contributed by atoms with van der Waals surface area (Å²) in [6.45, 7) is 6.99. The summed E-state index contributed by atoms with van der Waals surface area (Å²) in [7, 11) is 0. The van der Waals surface area contributed by atoms with Crippen molar-refractivity contribution in [1.29, 1.82) is 0 Å². The van der Waals surface area contributed by atoms with Gasteiger partial charge in [-0.25, -0.2) is 0 Å². The molecule has 6 nitrogen and oxygen atoms in total. The monoisotopic (exact) mass is 311 g/mol. The van der Waals surface area contributed by atoms with E-state index >= 15 is 0 Å². The zero-order valence-electron chi connectivity index (χ0n) is 12.7. The summed E-state index contributed by atoms with van der Waals surface area (Å²) in [5.41, 5.74) is 0.748. The van der Waals surface area contributed by atoms with Crippen molar-refractivity contribution in [3.63, 3.8) is 0 Å². The highest BCUT2D eigenvalue weighted by molar-refractivity contribution is 7.99. The summed E-state index contributed by atoms with van der Waals surface area (Å²) < 4.78 is -0.0600. The third-order valence-electron chi connectivity index (χ3n) is 3.05. The number of hydrogen-bond donors (Lipinski definition) is 2. The molecule has 1 aromatic carbocycles. The molecule has 1 rings (SSSR count). The lowest BCUT2D eigenvalue weighted by Gasteiger charge is -2.23. The van der Waals surface area contributed by atoms with Crippen LogP contribution in [0, 0.1) is 10.1 Å². The lowest BCUT2D eigenvalue weighted by Crippen LogP contribution is -2.26. The van der Waals surface area contributed by atoms with Crippen LogP contribution in [0.3, 0.4) is 0 Å². The molecule has 1 amide bonds. The number of carbonyl (C=O) groups is 1. The van der Waals surface area contributed by atoms with E-state index in [1.165, 1.54) is 18.2 Å². The number of nitrogens with one attached hydrogen (secondary N) is 2. The van der Waals surface area contributed by atoms with Crippen LogP contribution in [0.25, 0.3) is 0 Å². The summed E-state index contributed by atoms with van der Waals surface area (Å²) in [6, 6.07) is 4.35. The fourth-order valence-corrected chi connectivity index (χ4v) is 1.84. The maximum absolute atomic E-state index is 11.8. The van der Waals surface area contributed by atoms with E-state index in [0.717, 1.165) is 0 Å². The quantitative estimate of drug-likeness (QED) is 0.597. The number of amides is 1. The highest BCUT2D eigenvalue weighted by Gasteiger charge is 2.20. The van der Waals surface area contributed by atoms with Crippen LogP contribution in [0.2, 0.25) is 0 Å². The molecule has 0 saturated heterocycles. The number of anilines is 1. The average molecular weight is 311 g/mol. The summed E-state index contributed by atoms with van der Waals surface area (Å²) >= 11 is 1.67. The van der Waals surface area contributed by atoms with Crippen LogP contribution in [0.15, 0.2) is 18.2 Å². The van der Waals surface area contributed by atoms with Gasteiger partial charge in [0.25, 0.3) is 11.6 Å². The molecular weight excluding hydrogens is 290 g/mol. The van der Waals surface area contributed by atoms with E-state index in [4.69, 9.17) is 0 Å². The number of carbonyl (C=O) groups excluding carboxylic acids is 1. The lowest BCUT2D eigenvalue weighted by molar-refractivity contribution is -0.384. The van der Waals surface area contributed by atoms with Crippen molar-refractivity contribution in [1.82, 2.24) is 5.32 Å². The van der Waals surface area contributed by atoms with Gasteiger partial charge in [-0.2, -0.15) is 11.8 Å². The Morgan fingerprint density at radius 2 is 2.10 bits per heavy atom. The lowest BCUT2D eigenvalue weighted by atomic mass is 10.1. The Labute approximate surface area is 128 Å². The molecule has 0 aliphatic heterocycles. The minimum atomic E-state index is -0.448. The molecular formula is C14H21N3O3S. The average Bonchev–Trinajstić information content (AvgIpc) is 2.45. The topological polar surface area (TPSA) is 84.3 Å². The molecule has 116 valence electrons. The Morgan fingerprint density at radius 1 is 1.43 bits per heavy atom. The Balaban J connectivity index is 3.04. The minimum absolute atomic E-state index is 0.0278. The van der Waals surface area contributed by atoms with Crippen molar-refractivity contribution in [2.45, 2.75) is 25.5 Å². The van der Waals surface area contributed by atoms with Gasteiger partial charge < -0.3 is 10.6 Å². The first kappa shape index (κ1) is 17.3. The zero-order chi connectivity index (χ0) is 16.0. The van der Waals surface area contributed by atoms with Crippen molar-refractivity contribution in [2.75, 3.05) is 24.7 Å². The fraction of sp³-hybridized carbons (Fsp3) is 0.500. The van der Waals surface area contributed by atoms with Crippen molar-refractivity contribution < 1.29 is 9.72 Å². The van der Waals surface area contributed by atoms with Crippen molar-refractivity contribution >= 4 is 29.0 Å². The van der Waals surface area contributed by atoms with Crippen molar-refractivity contribution in [2.24, 2.45) is 0 Å². The predicted octanol–water partition coefficient (Wildman–Crippen LogP) is 2.90. The number of rotatable bonds is 7. The summed E-state index contributed by atoms with van der Waals surface area (Å²) in [5.74, 6) is -0.237. The highest BCUT2D eigenvalue weighted by Crippen LogP contribution is 2.28. The van der Waals surface area contributed by atoms with Crippen LogP contribution in [0.1, 0.15) is 31.1 Å². The molecule has 1 aromatic rings. The molecule has 0 heterocycles.